The molecule has 0 unspecified atom stereocenters. The van der Waals surface area contributed by atoms with Gasteiger partial charge in [0.15, 0.2) is 7.05 Å². The molecule has 0 radical (unpaired) electrons. The van der Waals surface area contributed by atoms with E-state index < -0.39 is 0 Å². The number of hydrogen-bond acceptors (Lipinski definition) is 6. The molecular weight excluding hydrogens is 348 g/mol. The Balaban J connectivity index is 1.74. The van der Waals surface area contributed by atoms with Crippen LogP contribution < -0.4 is 0 Å². The minimum absolute atomic E-state index is 0.458. The zero-order valence-electron chi connectivity index (χ0n) is 14.2. The molecule has 4 aromatic rings. The maximum Gasteiger partial charge on any atom is 0.299 e. The predicted octanol–water partition coefficient (Wildman–Crippen LogP) is 3.80. The van der Waals surface area contributed by atoms with Crippen LogP contribution in [0.1, 0.15) is 5.69 Å². The number of nitrogens with zero attached hydrogens (tertiary/aromatic N) is 6. The molecular formula is C18H15N6OS+. The molecule has 4 aromatic heterocycles. The van der Waals surface area contributed by atoms with E-state index in [1.165, 1.54) is 7.05 Å². The topological polar surface area (TPSA) is 76.6 Å². The fraction of sp³-hybridized carbons (Fsp3) is 0.111. The number of aromatic nitrogens is 5. The van der Waals surface area contributed by atoms with Crippen LogP contribution in [0.2, 0.25) is 0 Å². The predicted molar refractivity (Wildman–Crippen MR) is 99.6 cm³/mol. The lowest BCUT2D eigenvalue weighted by Gasteiger charge is -2.00. The second kappa shape index (κ2) is 6.57. The number of thiazole rings is 1. The molecule has 0 fully saturated rings. The van der Waals surface area contributed by atoms with Crippen LogP contribution in [0.3, 0.4) is 0 Å². The molecule has 0 amide bonds. The second-order valence-corrected chi connectivity index (χ2v) is 6.66. The fourth-order valence-electron chi connectivity index (χ4n) is 2.62. The van der Waals surface area contributed by atoms with Crippen LogP contribution in [0.25, 0.3) is 27.0 Å². The van der Waals surface area contributed by atoms with Gasteiger partial charge in [0, 0.05) is 46.1 Å². The third-order valence-corrected chi connectivity index (χ3v) is 5.08. The van der Waals surface area contributed by atoms with Crippen molar-refractivity contribution in [3.8, 4) is 27.0 Å². The van der Waals surface area contributed by atoms with E-state index in [0.717, 1.165) is 31.6 Å². The Bertz CT molecular complexity index is 1090. The zero-order valence-corrected chi connectivity index (χ0v) is 15.0. The summed E-state index contributed by atoms with van der Waals surface area (Å²) in [6.07, 6.45) is 6.98. The zero-order chi connectivity index (χ0) is 18.1. The van der Waals surface area contributed by atoms with Crippen LogP contribution in [0, 0.1) is 11.8 Å². The standard InChI is InChI=1S/C18H15N6OS/c1-12-16(26-18(21-12)13-5-3-8-19-11-13)14-7-10-24(22-14)17-15(23(2)25)6-4-9-20-17/h3-11H,1-2H3/q+1. The minimum Gasteiger partial charge on any atom is -0.264 e. The lowest BCUT2D eigenvalue weighted by Crippen LogP contribution is -2.04. The molecule has 26 heavy (non-hydrogen) atoms. The van der Waals surface area contributed by atoms with E-state index in [0.29, 0.717) is 11.5 Å². The van der Waals surface area contributed by atoms with Gasteiger partial charge in [-0.2, -0.15) is 5.10 Å². The summed E-state index contributed by atoms with van der Waals surface area (Å²) in [5, 5.41) is 5.51. The summed E-state index contributed by atoms with van der Waals surface area (Å²) in [4.78, 5) is 25.8. The molecule has 0 spiro atoms. The highest BCUT2D eigenvalue weighted by molar-refractivity contribution is 7.18. The highest BCUT2D eigenvalue weighted by Gasteiger charge is 2.19. The van der Waals surface area contributed by atoms with Gasteiger partial charge in [0.25, 0.3) is 5.69 Å². The smallest absolute Gasteiger partial charge is 0.264 e. The molecule has 0 aliphatic carbocycles. The van der Waals surface area contributed by atoms with Gasteiger partial charge in [-0.3, -0.25) is 4.98 Å². The highest BCUT2D eigenvalue weighted by atomic mass is 32.1. The molecule has 0 saturated heterocycles. The molecule has 0 saturated carbocycles. The van der Waals surface area contributed by atoms with Crippen molar-refractivity contribution in [2.24, 2.45) is 0 Å². The number of aryl methyl sites for hydroxylation is 1. The Kier molecular flexibility index (Phi) is 4.10. The van der Waals surface area contributed by atoms with Crippen molar-refractivity contribution < 1.29 is 4.76 Å². The van der Waals surface area contributed by atoms with Crippen LogP contribution in [0.15, 0.2) is 55.1 Å². The first-order valence-corrected chi connectivity index (χ1v) is 8.75. The van der Waals surface area contributed by atoms with Crippen LogP contribution in [0.4, 0.5) is 5.69 Å². The van der Waals surface area contributed by atoms with E-state index in [1.807, 2.05) is 25.1 Å². The molecule has 8 heteroatoms. The molecule has 0 bridgehead atoms. The van der Waals surface area contributed by atoms with Gasteiger partial charge in [-0.25, -0.2) is 14.6 Å². The number of rotatable bonds is 4. The minimum atomic E-state index is 0.458. The SMILES string of the molecule is Cc1nc(-c2cccnc2)sc1-c1ccn(-c2ncccc2[N+](C)=O)n1. The number of nitroso groups, excluding NO2 is 1. The van der Waals surface area contributed by atoms with Crippen LogP contribution in [-0.2, 0) is 0 Å². The molecule has 0 aliphatic heterocycles. The summed E-state index contributed by atoms with van der Waals surface area (Å²) in [5.74, 6) is 0.492. The Labute approximate surface area is 153 Å². The molecule has 4 heterocycles. The van der Waals surface area contributed by atoms with E-state index in [4.69, 9.17) is 0 Å². The van der Waals surface area contributed by atoms with E-state index in [9.17, 15) is 4.91 Å². The van der Waals surface area contributed by atoms with Gasteiger partial charge in [-0.05, 0) is 31.2 Å². The van der Waals surface area contributed by atoms with Crippen LogP contribution >= 0.6 is 11.3 Å². The summed E-state index contributed by atoms with van der Waals surface area (Å²) >= 11 is 1.57. The maximum atomic E-state index is 11.8. The quantitative estimate of drug-likeness (QED) is 0.516. The first kappa shape index (κ1) is 16.2. The van der Waals surface area contributed by atoms with Gasteiger partial charge in [-0.15, -0.1) is 11.3 Å². The van der Waals surface area contributed by atoms with Gasteiger partial charge >= 0.3 is 0 Å². The fourth-order valence-corrected chi connectivity index (χ4v) is 3.64. The molecule has 0 aliphatic rings. The number of hydrogen-bond donors (Lipinski definition) is 0. The Hall–Kier alpha value is -3.26. The van der Waals surface area contributed by atoms with Crippen LogP contribution in [-0.4, -0.2) is 36.5 Å². The van der Waals surface area contributed by atoms with E-state index in [-0.39, 0.29) is 0 Å². The van der Waals surface area contributed by atoms with Gasteiger partial charge in [0.05, 0.1) is 10.6 Å². The highest BCUT2D eigenvalue weighted by Crippen LogP contribution is 2.34. The van der Waals surface area contributed by atoms with Crippen molar-refractivity contribution in [3.63, 3.8) is 0 Å². The van der Waals surface area contributed by atoms with Gasteiger partial charge in [0.2, 0.25) is 5.82 Å². The Morgan fingerprint density at radius 1 is 1.15 bits per heavy atom. The van der Waals surface area contributed by atoms with Gasteiger partial charge < -0.3 is 0 Å². The molecule has 4 rings (SSSR count). The lowest BCUT2D eigenvalue weighted by atomic mass is 10.3. The second-order valence-electron chi connectivity index (χ2n) is 5.66. The largest absolute Gasteiger partial charge is 0.299 e. The van der Waals surface area contributed by atoms with E-state index in [2.05, 4.69) is 20.1 Å². The third-order valence-electron chi connectivity index (χ3n) is 3.85. The van der Waals surface area contributed by atoms with E-state index in [1.54, 1.807) is 52.9 Å². The van der Waals surface area contributed by atoms with Gasteiger partial charge in [0.1, 0.15) is 10.7 Å². The van der Waals surface area contributed by atoms with Crippen LogP contribution in [0.5, 0.6) is 0 Å². The summed E-state index contributed by atoms with van der Waals surface area (Å²) in [6, 6.07) is 9.22. The molecule has 0 N–H and O–H groups in total. The van der Waals surface area contributed by atoms with Crippen molar-refractivity contribution in [3.05, 3.63) is 65.7 Å². The summed E-state index contributed by atoms with van der Waals surface area (Å²) < 4.78 is 2.39. The van der Waals surface area contributed by atoms with Crippen molar-refractivity contribution >= 4 is 17.0 Å². The third kappa shape index (κ3) is 2.91. The first-order valence-electron chi connectivity index (χ1n) is 7.93. The molecule has 0 aromatic carbocycles. The van der Waals surface area contributed by atoms with Crippen molar-refractivity contribution in [2.75, 3.05) is 7.05 Å². The van der Waals surface area contributed by atoms with E-state index >= 15 is 0 Å². The summed E-state index contributed by atoms with van der Waals surface area (Å²) in [5.41, 5.74) is 3.13. The normalized spacial score (nSPS) is 10.8. The average Bonchev–Trinajstić information content (AvgIpc) is 3.29. The maximum absolute atomic E-state index is 11.8. The van der Waals surface area contributed by atoms with Gasteiger partial charge in [-0.1, -0.05) is 0 Å². The van der Waals surface area contributed by atoms with Crippen molar-refractivity contribution in [1.29, 1.82) is 0 Å². The average molecular weight is 363 g/mol. The molecule has 128 valence electrons. The summed E-state index contributed by atoms with van der Waals surface area (Å²) in [6.45, 7) is 1.96. The van der Waals surface area contributed by atoms with Crippen molar-refractivity contribution in [2.45, 2.75) is 6.92 Å². The summed E-state index contributed by atoms with van der Waals surface area (Å²) in [7, 11) is 1.44. The molecule has 7 nitrogen and oxygen atoms in total. The molecule has 0 atom stereocenters. The Morgan fingerprint density at radius 2 is 2.00 bits per heavy atom. The first-order chi connectivity index (χ1) is 12.6. The lowest BCUT2D eigenvalue weighted by molar-refractivity contribution is -0.428. The number of pyridine rings is 2. The van der Waals surface area contributed by atoms with Crippen molar-refractivity contribution in [1.82, 2.24) is 24.7 Å². The monoisotopic (exact) mass is 363 g/mol. The Morgan fingerprint density at radius 3 is 2.77 bits per heavy atom.